The van der Waals surface area contributed by atoms with E-state index in [0.717, 1.165) is 17.0 Å². The molecular formula is C11H9F2NO2. The summed E-state index contributed by atoms with van der Waals surface area (Å²) in [4.78, 5) is 12.7. The van der Waals surface area contributed by atoms with E-state index in [2.05, 4.69) is 5.92 Å². The fourth-order valence-electron chi connectivity index (χ4n) is 1.12. The molecule has 3 nitrogen and oxygen atoms in total. The molecule has 0 atom stereocenters. The van der Waals surface area contributed by atoms with Gasteiger partial charge in [-0.25, -0.2) is 8.78 Å². The summed E-state index contributed by atoms with van der Waals surface area (Å²) in [7, 11) is 1.41. The van der Waals surface area contributed by atoms with Crippen molar-refractivity contribution in [1.29, 1.82) is 0 Å². The van der Waals surface area contributed by atoms with Crippen LogP contribution in [0.3, 0.4) is 0 Å². The minimum absolute atomic E-state index is 0.0307. The standard InChI is InChI=1S/C11H9F2NO2/c1-3-4-14(2)11(16)7-5-8(12)10(15)9(13)6-7/h1,5-6,15H,4H2,2H3. The molecule has 0 fully saturated rings. The van der Waals surface area contributed by atoms with Gasteiger partial charge in [0, 0.05) is 12.6 Å². The van der Waals surface area contributed by atoms with Crippen LogP contribution in [0.15, 0.2) is 12.1 Å². The molecular weight excluding hydrogens is 216 g/mol. The summed E-state index contributed by atoms with van der Waals surface area (Å²) in [5.41, 5.74) is -0.203. The number of nitrogens with zero attached hydrogens (tertiary/aromatic N) is 1. The summed E-state index contributed by atoms with van der Waals surface area (Å²) in [6, 6.07) is 1.52. The van der Waals surface area contributed by atoms with E-state index in [1.54, 1.807) is 0 Å². The number of phenols is 1. The van der Waals surface area contributed by atoms with E-state index in [0.29, 0.717) is 0 Å². The molecule has 1 aromatic carbocycles. The molecule has 0 aliphatic carbocycles. The fourth-order valence-corrected chi connectivity index (χ4v) is 1.12. The smallest absolute Gasteiger partial charge is 0.254 e. The highest BCUT2D eigenvalue weighted by molar-refractivity contribution is 5.94. The first-order chi connectivity index (χ1) is 7.47. The van der Waals surface area contributed by atoms with Gasteiger partial charge in [-0.3, -0.25) is 4.79 Å². The van der Waals surface area contributed by atoms with E-state index in [4.69, 9.17) is 11.5 Å². The fraction of sp³-hybridized carbons (Fsp3) is 0.182. The van der Waals surface area contributed by atoms with Gasteiger partial charge in [-0.15, -0.1) is 6.42 Å². The number of terminal acetylenes is 1. The highest BCUT2D eigenvalue weighted by atomic mass is 19.1. The van der Waals surface area contributed by atoms with E-state index in [1.807, 2.05) is 0 Å². The maximum atomic E-state index is 12.9. The van der Waals surface area contributed by atoms with Crippen LogP contribution >= 0.6 is 0 Å². The molecule has 0 radical (unpaired) electrons. The van der Waals surface area contributed by atoms with Crippen LogP contribution < -0.4 is 0 Å². The summed E-state index contributed by atoms with van der Waals surface area (Å²) >= 11 is 0. The monoisotopic (exact) mass is 225 g/mol. The van der Waals surface area contributed by atoms with Gasteiger partial charge in [0.2, 0.25) is 0 Å². The number of amides is 1. The van der Waals surface area contributed by atoms with Gasteiger partial charge >= 0.3 is 0 Å². The SMILES string of the molecule is C#CCN(C)C(=O)c1cc(F)c(O)c(F)c1. The Labute approximate surface area is 91.3 Å². The molecule has 0 bridgehead atoms. The summed E-state index contributed by atoms with van der Waals surface area (Å²) < 4.78 is 25.9. The van der Waals surface area contributed by atoms with Crippen molar-refractivity contribution in [2.45, 2.75) is 0 Å². The van der Waals surface area contributed by atoms with Crippen LogP contribution in [0.4, 0.5) is 8.78 Å². The number of benzene rings is 1. The molecule has 1 N–H and O–H groups in total. The number of phenolic OH excluding ortho intramolecular Hbond substituents is 1. The van der Waals surface area contributed by atoms with Crippen molar-refractivity contribution in [1.82, 2.24) is 4.90 Å². The second kappa shape index (κ2) is 4.62. The molecule has 1 rings (SSSR count). The second-order valence-electron chi connectivity index (χ2n) is 3.15. The Kier molecular flexibility index (Phi) is 3.46. The zero-order chi connectivity index (χ0) is 12.3. The van der Waals surface area contributed by atoms with Gasteiger partial charge in [0.25, 0.3) is 5.91 Å². The van der Waals surface area contributed by atoms with Gasteiger partial charge in [-0.05, 0) is 12.1 Å². The number of carbonyl (C=O) groups excluding carboxylic acids is 1. The lowest BCUT2D eigenvalue weighted by atomic mass is 10.1. The molecule has 0 aromatic heterocycles. The number of carbonyl (C=O) groups is 1. The third kappa shape index (κ3) is 2.28. The Bertz CT molecular complexity index is 443. The van der Waals surface area contributed by atoms with Crippen LogP contribution in [0.25, 0.3) is 0 Å². The van der Waals surface area contributed by atoms with E-state index in [9.17, 15) is 13.6 Å². The third-order valence-electron chi connectivity index (χ3n) is 1.94. The van der Waals surface area contributed by atoms with Crippen molar-refractivity contribution in [3.8, 4) is 18.1 Å². The number of aromatic hydroxyl groups is 1. The topological polar surface area (TPSA) is 40.5 Å². The predicted molar refractivity (Wildman–Crippen MR) is 53.8 cm³/mol. The predicted octanol–water partition coefficient (Wildman–Crippen LogP) is 1.38. The molecule has 0 saturated heterocycles. The third-order valence-corrected chi connectivity index (χ3v) is 1.94. The van der Waals surface area contributed by atoms with Crippen molar-refractivity contribution in [2.75, 3.05) is 13.6 Å². The van der Waals surface area contributed by atoms with Gasteiger partial charge in [0.1, 0.15) is 0 Å². The first kappa shape index (κ1) is 12.0. The van der Waals surface area contributed by atoms with Crippen molar-refractivity contribution >= 4 is 5.91 Å². The molecule has 16 heavy (non-hydrogen) atoms. The second-order valence-corrected chi connectivity index (χ2v) is 3.15. The van der Waals surface area contributed by atoms with Gasteiger partial charge in [0.05, 0.1) is 6.54 Å². The maximum absolute atomic E-state index is 12.9. The summed E-state index contributed by atoms with van der Waals surface area (Å²) in [5.74, 6) is -1.85. The number of hydrogen-bond acceptors (Lipinski definition) is 2. The Hall–Kier alpha value is -2.09. The van der Waals surface area contributed by atoms with Crippen LogP contribution in [0, 0.1) is 24.0 Å². The Morgan fingerprint density at radius 1 is 1.50 bits per heavy atom. The molecule has 0 aliphatic rings. The zero-order valence-electron chi connectivity index (χ0n) is 8.50. The molecule has 0 heterocycles. The lowest BCUT2D eigenvalue weighted by Crippen LogP contribution is -2.27. The van der Waals surface area contributed by atoms with Crippen LogP contribution in [0.5, 0.6) is 5.75 Å². The maximum Gasteiger partial charge on any atom is 0.254 e. The molecule has 5 heteroatoms. The summed E-state index contributed by atoms with van der Waals surface area (Å²) in [6.07, 6.45) is 5.00. The largest absolute Gasteiger partial charge is 0.503 e. The van der Waals surface area contributed by atoms with Crippen LogP contribution in [-0.2, 0) is 0 Å². The number of hydrogen-bond donors (Lipinski definition) is 1. The Morgan fingerprint density at radius 2 is 2.00 bits per heavy atom. The lowest BCUT2D eigenvalue weighted by Gasteiger charge is -2.14. The summed E-state index contributed by atoms with van der Waals surface area (Å²) in [5, 5.41) is 8.85. The van der Waals surface area contributed by atoms with Crippen LogP contribution in [0.1, 0.15) is 10.4 Å². The Balaban J connectivity index is 3.07. The average Bonchev–Trinajstić information content (AvgIpc) is 2.24. The molecule has 0 aliphatic heterocycles. The molecule has 0 unspecified atom stereocenters. The van der Waals surface area contributed by atoms with Gasteiger partial charge in [-0.1, -0.05) is 5.92 Å². The van der Waals surface area contributed by atoms with Gasteiger partial charge in [-0.2, -0.15) is 0 Å². The van der Waals surface area contributed by atoms with Crippen molar-refractivity contribution < 1.29 is 18.7 Å². The average molecular weight is 225 g/mol. The van der Waals surface area contributed by atoms with Gasteiger partial charge in [0.15, 0.2) is 17.4 Å². The van der Waals surface area contributed by atoms with Crippen molar-refractivity contribution in [3.05, 3.63) is 29.3 Å². The molecule has 1 amide bonds. The first-order valence-corrected chi connectivity index (χ1v) is 4.34. The van der Waals surface area contributed by atoms with Crippen molar-refractivity contribution in [3.63, 3.8) is 0 Å². The normalized spacial score (nSPS) is 9.62. The van der Waals surface area contributed by atoms with E-state index >= 15 is 0 Å². The van der Waals surface area contributed by atoms with E-state index < -0.39 is 23.3 Å². The van der Waals surface area contributed by atoms with E-state index in [-0.39, 0.29) is 12.1 Å². The highest BCUT2D eigenvalue weighted by Gasteiger charge is 2.16. The summed E-state index contributed by atoms with van der Waals surface area (Å²) in [6.45, 7) is 0.0307. The molecule has 84 valence electrons. The minimum Gasteiger partial charge on any atom is -0.503 e. The molecule has 1 aromatic rings. The number of rotatable bonds is 2. The molecule has 0 saturated carbocycles. The van der Waals surface area contributed by atoms with E-state index in [1.165, 1.54) is 7.05 Å². The number of halogens is 2. The highest BCUT2D eigenvalue weighted by Crippen LogP contribution is 2.21. The molecule has 0 spiro atoms. The Morgan fingerprint density at radius 3 is 2.44 bits per heavy atom. The lowest BCUT2D eigenvalue weighted by molar-refractivity contribution is 0.0811. The van der Waals surface area contributed by atoms with Crippen molar-refractivity contribution in [2.24, 2.45) is 0 Å². The van der Waals surface area contributed by atoms with Crippen LogP contribution in [-0.4, -0.2) is 29.5 Å². The first-order valence-electron chi connectivity index (χ1n) is 4.34. The minimum atomic E-state index is -1.18. The quantitative estimate of drug-likeness (QED) is 0.772. The van der Waals surface area contributed by atoms with Gasteiger partial charge < -0.3 is 10.0 Å². The van der Waals surface area contributed by atoms with Crippen LogP contribution in [0.2, 0.25) is 0 Å². The zero-order valence-corrected chi connectivity index (χ0v) is 8.50.